The summed E-state index contributed by atoms with van der Waals surface area (Å²) in [5.74, 6) is 6.47. The summed E-state index contributed by atoms with van der Waals surface area (Å²) in [6, 6.07) is 8.04. The first-order chi connectivity index (χ1) is 12.6. The lowest BCUT2D eigenvalue weighted by Gasteiger charge is -2.10. The van der Waals surface area contributed by atoms with Crippen molar-refractivity contribution in [2.75, 3.05) is 0 Å². The van der Waals surface area contributed by atoms with Crippen LogP contribution in [0.15, 0.2) is 49.6 Å². The molecule has 0 aliphatic heterocycles. The van der Waals surface area contributed by atoms with E-state index in [0.717, 1.165) is 33.1 Å². The molecule has 3 aromatic heterocycles. The summed E-state index contributed by atoms with van der Waals surface area (Å²) in [6.07, 6.45) is 5.26. The van der Waals surface area contributed by atoms with Gasteiger partial charge in [0.05, 0.1) is 10.9 Å². The minimum absolute atomic E-state index is 0.0596. The van der Waals surface area contributed by atoms with Crippen LogP contribution in [0.4, 0.5) is 0 Å². The SMILES string of the molecule is C=C(O)c1cn(C(C)C)c2c(C#Cc3ncnc4[nH]ccc34)cccc12. The molecule has 26 heavy (non-hydrogen) atoms. The Morgan fingerprint density at radius 2 is 2.04 bits per heavy atom. The van der Waals surface area contributed by atoms with E-state index in [0.29, 0.717) is 5.69 Å². The monoisotopic (exact) mass is 342 g/mol. The van der Waals surface area contributed by atoms with Crippen LogP contribution in [0.3, 0.4) is 0 Å². The first-order valence-electron chi connectivity index (χ1n) is 8.38. The second-order valence-electron chi connectivity index (χ2n) is 6.40. The zero-order chi connectivity index (χ0) is 18.3. The number of H-pyrrole nitrogens is 1. The highest BCUT2D eigenvalue weighted by atomic mass is 16.3. The number of fused-ring (bicyclic) bond motifs is 2. The van der Waals surface area contributed by atoms with Gasteiger partial charge in [0.2, 0.25) is 0 Å². The number of aliphatic hydroxyl groups excluding tert-OH is 1. The van der Waals surface area contributed by atoms with Crippen molar-refractivity contribution in [1.29, 1.82) is 0 Å². The number of aliphatic hydroxyl groups is 1. The summed E-state index contributed by atoms with van der Waals surface area (Å²) in [6.45, 7) is 7.88. The minimum atomic E-state index is 0.0596. The van der Waals surface area contributed by atoms with Crippen molar-refractivity contribution in [3.05, 3.63) is 66.4 Å². The molecule has 0 saturated heterocycles. The van der Waals surface area contributed by atoms with Gasteiger partial charge in [0.15, 0.2) is 0 Å². The normalized spacial score (nSPS) is 11.0. The molecular weight excluding hydrogens is 324 g/mol. The van der Waals surface area contributed by atoms with Gasteiger partial charge in [0.1, 0.15) is 23.4 Å². The van der Waals surface area contributed by atoms with Crippen LogP contribution in [0, 0.1) is 11.8 Å². The average Bonchev–Trinajstić information content (AvgIpc) is 3.24. The summed E-state index contributed by atoms with van der Waals surface area (Å²) in [7, 11) is 0. The van der Waals surface area contributed by atoms with Gasteiger partial charge in [-0.25, -0.2) is 9.97 Å². The number of nitrogens with zero attached hydrogens (tertiary/aromatic N) is 3. The Balaban J connectivity index is 1.93. The van der Waals surface area contributed by atoms with Gasteiger partial charge in [-0.1, -0.05) is 24.6 Å². The molecule has 0 atom stereocenters. The highest BCUT2D eigenvalue weighted by Crippen LogP contribution is 2.30. The topological polar surface area (TPSA) is 66.7 Å². The molecular formula is C21H18N4O. The van der Waals surface area contributed by atoms with Crippen LogP contribution in [-0.2, 0) is 0 Å². The van der Waals surface area contributed by atoms with Crippen molar-refractivity contribution in [2.24, 2.45) is 0 Å². The molecule has 2 N–H and O–H groups in total. The number of aromatic nitrogens is 4. The molecule has 4 aromatic rings. The molecule has 0 aliphatic rings. The molecule has 0 spiro atoms. The second-order valence-corrected chi connectivity index (χ2v) is 6.40. The molecule has 0 unspecified atom stereocenters. The van der Waals surface area contributed by atoms with E-state index in [2.05, 4.69) is 51.8 Å². The van der Waals surface area contributed by atoms with E-state index in [4.69, 9.17) is 0 Å². The molecule has 0 fully saturated rings. The first-order valence-corrected chi connectivity index (χ1v) is 8.38. The van der Waals surface area contributed by atoms with Crippen LogP contribution in [-0.4, -0.2) is 24.6 Å². The number of hydrogen-bond donors (Lipinski definition) is 2. The molecule has 128 valence electrons. The van der Waals surface area contributed by atoms with E-state index >= 15 is 0 Å². The Morgan fingerprint density at radius 3 is 2.81 bits per heavy atom. The Hall–Kier alpha value is -3.52. The average molecular weight is 342 g/mol. The third-order valence-electron chi connectivity index (χ3n) is 4.39. The van der Waals surface area contributed by atoms with E-state index in [9.17, 15) is 5.11 Å². The lowest BCUT2D eigenvalue weighted by molar-refractivity contribution is 0.513. The number of para-hydroxylation sites is 1. The number of benzene rings is 1. The first kappa shape index (κ1) is 16.0. The molecule has 5 nitrogen and oxygen atoms in total. The maximum atomic E-state index is 9.95. The fourth-order valence-electron chi connectivity index (χ4n) is 3.15. The van der Waals surface area contributed by atoms with E-state index in [1.807, 2.05) is 36.7 Å². The van der Waals surface area contributed by atoms with Gasteiger partial charge in [0.25, 0.3) is 0 Å². The van der Waals surface area contributed by atoms with E-state index in [1.165, 1.54) is 6.33 Å². The van der Waals surface area contributed by atoms with Crippen LogP contribution < -0.4 is 0 Å². The highest BCUT2D eigenvalue weighted by molar-refractivity contribution is 5.95. The molecule has 4 rings (SSSR count). The molecule has 0 aliphatic carbocycles. The second kappa shape index (κ2) is 6.08. The molecule has 1 aromatic carbocycles. The number of rotatable bonds is 2. The third kappa shape index (κ3) is 2.52. The number of aromatic amines is 1. The van der Waals surface area contributed by atoms with Crippen LogP contribution in [0.2, 0.25) is 0 Å². The third-order valence-corrected chi connectivity index (χ3v) is 4.39. The zero-order valence-electron chi connectivity index (χ0n) is 14.6. The fourth-order valence-corrected chi connectivity index (χ4v) is 3.15. The molecule has 0 amide bonds. The Kier molecular flexibility index (Phi) is 3.74. The summed E-state index contributed by atoms with van der Waals surface area (Å²) >= 11 is 0. The summed E-state index contributed by atoms with van der Waals surface area (Å²) in [4.78, 5) is 11.6. The van der Waals surface area contributed by atoms with Crippen LogP contribution in [0.1, 0.15) is 36.7 Å². The van der Waals surface area contributed by atoms with E-state index < -0.39 is 0 Å². The predicted octanol–water partition coefficient (Wildman–Crippen LogP) is 4.42. The van der Waals surface area contributed by atoms with Crippen molar-refractivity contribution in [3.63, 3.8) is 0 Å². The van der Waals surface area contributed by atoms with Gasteiger partial charge in [-0.15, -0.1) is 0 Å². The van der Waals surface area contributed by atoms with Crippen molar-refractivity contribution < 1.29 is 5.11 Å². The summed E-state index contributed by atoms with van der Waals surface area (Å²) in [5, 5.41) is 11.8. The van der Waals surface area contributed by atoms with Gasteiger partial charge in [-0.3, -0.25) is 0 Å². The maximum absolute atomic E-state index is 9.95. The van der Waals surface area contributed by atoms with Gasteiger partial charge in [-0.2, -0.15) is 0 Å². The van der Waals surface area contributed by atoms with Gasteiger partial charge >= 0.3 is 0 Å². The molecule has 0 saturated carbocycles. The number of hydrogen-bond acceptors (Lipinski definition) is 3. The lowest BCUT2D eigenvalue weighted by atomic mass is 10.1. The minimum Gasteiger partial charge on any atom is -0.508 e. The van der Waals surface area contributed by atoms with Gasteiger partial charge < -0.3 is 14.7 Å². The number of nitrogens with one attached hydrogen (secondary N) is 1. The predicted molar refractivity (Wildman–Crippen MR) is 104 cm³/mol. The van der Waals surface area contributed by atoms with Crippen LogP contribution >= 0.6 is 0 Å². The molecule has 3 heterocycles. The molecule has 5 heteroatoms. The lowest BCUT2D eigenvalue weighted by Crippen LogP contribution is -1.99. The standard InChI is InChI=1S/C21H18N4O/c1-13(2)25-11-18(14(3)26)16-6-4-5-15(20(16)25)7-8-19-17-9-10-22-21(17)24-12-23-19/h4-6,9-13,26H,3H2,1-2H3,(H,22,23,24). The summed E-state index contributed by atoms with van der Waals surface area (Å²) in [5.41, 5.74) is 4.05. The maximum Gasteiger partial charge on any atom is 0.141 e. The molecule has 0 radical (unpaired) electrons. The van der Waals surface area contributed by atoms with Gasteiger partial charge in [0, 0.05) is 34.9 Å². The van der Waals surface area contributed by atoms with Gasteiger partial charge in [-0.05, 0) is 31.9 Å². The fraction of sp³-hybridized carbons (Fsp3) is 0.143. The van der Waals surface area contributed by atoms with Crippen molar-refractivity contribution in [3.8, 4) is 11.8 Å². The van der Waals surface area contributed by atoms with Crippen LogP contribution in [0.5, 0.6) is 0 Å². The Bertz CT molecular complexity index is 1200. The van der Waals surface area contributed by atoms with Crippen molar-refractivity contribution in [1.82, 2.24) is 19.5 Å². The molecule has 0 bridgehead atoms. The Labute approximate surface area is 151 Å². The summed E-state index contributed by atoms with van der Waals surface area (Å²) < 4.78 is 2.11. The quantitative estimate of drug-likeness (QED) is 0.418. The van der Waals surface area contributed by atoms with Crippen molar-refractivity contribution in [2.45, 2.75) is 19.9 Å². The van der Waals surface area contributed by atoms with E-state index in [-0.39, 0.29) is 11.8 Å². The van der Waals surface area contributed by atoms with E-state index in [1.54, 1.807) is 0 Å². The van der Waals surface area contributed by atoms with Crippen molar-refractivity contribution >= 4 is 27.7 Å². The smallest absolute Gasteiger partial charge is 0.141 e. The largest absolute Gasteiger partial charge is 0.508 e. The van der Waals surface area contributed by atoms with Crippen LogP contribution in [0.25, 0.3) is 27.7 Å². The zero-order valence-corrected chi connectivity index (χ0v) is 14.6. The Morgan fingerprint density at radius 1 is 1.19 bits per heavy atom. The highest BCUT2D eigenvalue weighted by Gasteiger charge is 2.14.